The van der Waals surface area contributed by atoms with Gasteiger partial charge in [-0.05, 0) is 18.6 Å². The molecule has 0 aliphatic rings. The fourth-order valence-corrected chi connectivity index (χ4v) is 3.56. The van der Waals surface area contributed by atoms with Gasteiger partial charge in [0.1, 0.15) is 12.4 Å². The predicted octanol–water partition coefficient (Wildman–Crippen LogP) is 4.20. The summed E-state index contributed by atoms with van der Waals surface area (Å²) in [6, 6.07) is 18.4. The molecule has 28 heavy (non-hydrogen) atoms. The molecule has 1 heterocycles. The van der Waals surface area contributed by atoms with E-state index in [1.165, 1.54) is 0 Å². The standard InChI is InChI=1S/C22H26N4OS/c1-17-25-19(16-28-17)15-26(3)22(23-2)24-13-14-27-21-12-8-7-11-20(21)18-9-5-4-6-10-18/h4-12,16H,13-15H2,1-3H3,(H,23,24). The Bertz CT molecular complexity index is 908. The Morgan fingerprint density at radius 3 is 2.61 bits per heavy atom. The van der Waals surface area contributed by atoms with Crippen molar-refractivity contribution in [2.45, 2.75) is 13.5 Å². The molecule has 0 radical (unpaired) electrons. The lowest BCUT2D eigenvalue weighted by atomic mass is 10.1. The van der Waals surface area contributed by atoms with Crippen LogP contribution in [-0.2, 0) is 6.54 Å². The number of thiazole rings is 1. The fraction of sp³-hybridized carbons (Fsp3) is 0.273. The van der Waals surface area contributed by atoms with Crippen LogP contribution in [-0.4, -0.2) is 43.1 Å². The van der Waals surface area contributed by atoms with E-state index in [2.05, 4.69) is 43.8 Å². The van der Waals surface area contributed by atoms with Crippen LogP contribution in [0.25, 0.3) is 11.1 Å². The zero-order valence-electron chi connectivity index (χ0n) is 16.6. The number of para-hydroxylation sites is 1. The van der Waals surface area contributed by atoms with Crippen molar-refractivity contribution in [2.75, 3.05) is 27.2 Å². The van der Waals surface area contributed by atoms with Crippen LogP contribution in [0.15, 0.2) is 65.0 Å². The topological polar surface area (TPSA) is 49.8 Å². The summed E-state index contributed by atoms with van der Waals surface area (Å²) >= 11 is 1.67. The highest BCUT2D eigenvalue weighted by Crippen LogP contribution is 2.29. The Balaban J connectivity index is 1.52. The number of rotatable bonds is 7. The molecule has 6 heteroatoms. The average molecular weight is 395 g/mol. The molecule has 5 nitrogen and oxygen atoms in total. The van der Waals surface area contributed by atoms with E-state index in [4.69, 9.17) is 4.74 Å². The largest absolute Gasteiger partial charge is 0.491 e. The first kappa shape index (κ1) is 19.9. The summed E-state index contributed by atoms with van der Waals surface area (Å²) in [5.74, 6) is 1.71. The summed E-state index contributed by atoms with van der Waals surface area (Å²) in [6.07, 6.45) is 0. The number of benzene rings is 2. The molecule has 0 bridgehead atoms. The summed E-state index contributed by atoms with van der Waals surface area (Å²) in [7, 11) is 3.80. The number of hydrogen-bond acceptors (Lipinski definition) is 4. The highest BCUT2D eigenvalue weighted by Gasteiger charge is 2.09. The maximum atomic E-state index is 6.04. The van der Waals surface area contributed by atoms with Gasteiger partial charge in [0.05, 0.1) is 23.8 Å². The minimum absolute atomic E-state index is 0.548. The Kier molecular flexibility index (Phi) is 7.03. The molecule has 0 atom stereocenters. The third kappa shape index (κ3) is 5.33. The lowest BCUT2D eigenvalue weighted by Crippen LogP contribution is -2.40. The molecule has 146 valence electrons. The second-order valence-corrected chi connectivity index (χ2v) is 7.46. The molecule has 0 aliphatic heterocycles. The van der Waals surface area contributed by atoms with Crippen molar-refractivity contribution in [1.82, 2.24) is 15.2 Å². The van der Waals surface area contributed by atoms with Gasteiger partial charge in [-0.15, -0.1) is 11.3 Å². The zero-order chi connectivity index (χ0) is 19.8. The van der Waals surface area contributed by atoms with Gasteiger partial charge in [0.25, 0.3) is 0 Å². The van der Waals surface area contributed by atoms with Gasteiger partial charge in [-0.25, -0.2) is 4.98 Å². The Morgan fingerprint density at radius 2 is 1.89 bits per heavy atom. The normalized spacial score (nSPS) is 11.3. The third-order valence-electron chi connectivity index (χ3n) is 4.25. The number of nitrogens with zero attached hydrogens (tertiary/aromatic N) is 3. The minimum atomic E-state index is 0.548. The molecule has 0 fully saturated rings. The first-order valence-electron chi connectivity index (χ1n) is 9.27. The van der Waals surface area contributed by atoms with E-state index in [0.29, 0.717) is 13.2 Å². The average Bonchev–Trinajstić information content (AvgIpc) is 3.13. The third-order valence-corrected chi connectivity index (χ3v) is 5.08. The summed E-state index contributed by atoms with van der Waals surface area (Å²) in [5.41, 5.74) is 3.31. The molecule has 0 unspecified atom stereocenters. The molecule has 2 aromatic carbocycles. The van der Waals surface area contributed by atoms with Gasteiger partial charge >= 0.3 is 0 Å². The minimum Gasteiger partial charge on any atom is -0.491 e. The summed E-state index contributed by atoms with van der Waals surface area (Å²) in [4.78, 5) is 10.9. The van der Waals surface area contributed by atoms with Crippen molar-refractivity contribution in [3.05, 3.63) is 70.7 Å². The number of hydrogen-bond donors (Lipinski definition) is 1. The number of nitrogens with one attached hydrogen (secondary N) is 1. The van der Waals surface area contributed by atoms with Crippen LogP contribution in [0.3, 0.4) is 0 Å². The van der Waals surface area contributed by atoms with Gasteiger partial charge in [-0.1, -0.05) is 48.5 Å². The molecule has 0 amide bonds. The maximum Gasteiger partial charge on any atom is 0.193 e. The van der Waals surface area contributed by atoms with Crippen molar-refractivity contribution in [3.63, 3.8) is 0 Å². The lowest BCUT2D eigenvalue weighted by Gasteiger charge is -2.21. The highest BCUT2D eigenvalue weighted by molar-refractivity contribution is 7.09. The van der Waals surface area contributed by atoms with E-state index in [1.807, 2.05) is 50.4 Å². The number of aliphatic imine (C=N–C) groups is 1. The van der Waals surface area contributed by atoms with Gasteiger partial charge in [0.2, 0.25) is 0 Å². The van der Waals surface area contributed by atoms with E-state index in [0.717, 1.165) is 40.1 Å². The van der Waals surface area contributed by atoms with E-state index >= 15 is 0 Å². The number of aromatic nitrogens is 1. The predicted molar refractivity (Wildman–Crippen MR) is 117 cm³/mol. The first-order chi connectivity index (χ1) is 13.7. The summed E-state index contributed by atoms with van der Waals surface area (Å²) in [5, 5.41) is 6.52. The molecule has 3 rings (SSSR count). The van der Waals surface area contributed by atoms with Crippen LogP contribution in [0.2, 0.25) is 0 Å². The van der Waals surface area contributed by atoms with Crippen molar-refractivity contribution in [3.8, 4) is 16.9 Å². The van der Waals surface area contributed by atoms with Crippen molar-refractivity contribution in [2.24, 2.45) is 4.99 Å². The Labute approximate surface area is 170 Å². The molecular weight excluding hydrogens is 368 g/mol. The second kappa shape index (κ2) is 9.90. The molecule has 1 aromatic heterocycles. The van der Waals surface area contributed by atoms with Crippen molar-refractivity contribution in [1.29, 1.82) is 0 Å². The summed E-state index contributed by atoms with van der Waals surface area (Å²) in [6.45, 7) is 3.95. The smallest absolute Gasteiger partial charge is 0.193 e. The maximum absolute atomic E-state index is 6.04. The number of aryl methyl sites for hydroxylation is 1. The highest BCUT2D eigenvalue weighted by atomic mass is 32.1. The van der Waals surface area contributed by atoms with E-state index in [-0.39, 0.29) is 0 Å². The van der Waals surface area contributed by atoms with Gasteiger partial charge in [0.15, 0.2) is 5.96 Å². The molecule has 0 aliphatic carbocycles. The molecule has 0 saturated heterocycles. The van der Waals surface area contributed by atoms with E-state index in [1.54, 1.807) is 18.4 Å². The molecular formula is C22H26N4OS. The van der Waals surface area contributed by atoms with Crippen LogP contribution in [0.5, 0.6) is 5.75 Å². The molecule has 0 spiro atoms. The van der Waals surface area contributed by atoms with Gasteiger partial charge < -0.3 is 15.0 Å². The molecule has 1 N–H and O–H groups in total. The summed E-state index contributed by atoms with van der Waals surface area (Å²) < 4.78 is 6.04. The fourth-order valence-electron chi connectivity index (χ4n) is 2.96. The van der Waals surface area contributed by atoms with Crippen LogP contribution in [0, 0.1) is 6.92 Å². The first-order valence-corrected chi connectivity index (χ1v) is 10.2. The Hall–Kier alpha value is -2.86. The van der Waals surface area contributed by atoms with E-state index in [9.17, 15) is 0 Å². The zero-order valence-corrected chi connectivity index (χ0v) is 17.4. The SMILES string of the molecule is CN=C(NCCOc1ccccc1-c1ccccc1)N(C)Cc1csc(C)n1. The van der Waals surface area contributed by atoms with Crippen LogP contribution < -0.4 is 10.1 Å². The second-order valence-electron chi connectivity index (χ2n) is 6.40. The van der Waals surface area contributed by atoms with E-state index < -0.39 is 0 Å². The van der Waals surface area contributed by atoms with Gasteiger partial charge in [-0.2, -0.15) is 0 Å². The van der Waals surface area contributed by atoms with Crippen LogP contribution in [0.4, 0.5) is 0 Å². The van der Waals surface area contributed by atoms with Crippen LogP contribution in [0.1, 0.15) is 10.7 Å². The Morgan fingerprint density at radius 1 is 1.14 bits per heavy atom. The van der Waals surface area contributed by atoms with Gasteiger partial charge in [0, 0.05) is 25.0 Å². The molecule has 3 aromatic rings. The number of ether oxygens (including phenoxy) is 1. The van der Waals surface area contributed by atoms with Gasteiger partial charge in [-0.3, -0.25) is 4.99 Å². The van der Waals surface area contributed by atoms with Crippen molar-refractivity contribution >= 4 is 17.3 Å². The lowest BCUT2D eigenvalue weighted by molar-refractivity contribution is 0.320. The van der Waals surface area contributed by atoms with Crippen LogP contribution >= 0.6 is 11.3 Å². The van der Waals surface area contributed by atoms with Crippen molar-refractivity contribution < 1.29 is 4.74 Å². The molecule has 0 saturated carbocycles. The monoisotopic (exact) mass is 394 g/mol. The quantitative estimate of drug-likeness (QED) is 0.371. The number of guanidine groups is 1.